The van der Waals surface area contributed by atoms with Crippen molar-refractivity contribution in [1.29, 1.82) is 0 Å². The topological polar surface area (TPSA) is 72.8 Å². The Hall–Kier alpha value is -1.48. The van der Waals surface area contributed by atoms with Crippen LogP contribution in [0.5, 0.6) is 11.5 Å². The van der Waals surface area contributed by atoms with Crippen molar-refractivity contribution in [2.75, 3.05) is 7.11 Å². The number of hydrogen-bond acceptors (Lipinski definition) is 5. The summed E-state index contributed by atoms with van der Waals surface area (Å²) < 4.78 is 68.0. The number of ether oxygens (including phenoxy) is 1. The lowest BCUT2D eigenvalue weighted by molar-refractivity contribution is -0.0500. The lowest BCUT2D eigenvalue weighted by atomic mass is 9.88. The minimum Gasteiger partial charge on any atom is -0.493 e. The second kappa shape index (κ2) is 6.33. The van der Waals surface area contributed by atoms with Gasteiger partial charge in [0.1, 0.15) is 0 Å². The van der Waals surface area contributed by atoms with Crippen LogP contribution in [0.1, 0.15) is 32.3 Å². The van der Waals surface area contributed by atoms with Gasteiger partial charge in [-0.3, -0.25) is 0 Å². The van der Waals surface area contributed by atoms with Crippen molar-refractivity contribution < 1.29 is 35.6 Å². The molecule has 0 aromatic heterocycles. The Bertz CT molecular complexity index is 621. The lowest BCUT2D eigenvalue weighted by Gasteiger charge is -2.26. The zero-order valence-corrected chi connectivity index (χ0v) is 13.1. The minimum atomic E-state index is -5.79. The molecular formula is C13H17F3O5S. The first-order valence-electron chi connectivity index (χ1n) is 6.42. The van der Waals surface area contributed by atoms with Crippen LogP contribution in [0.25, 0.3) is 0 Å². The highest BCUT2D eigenvalue weighted by atomic mass is 32.2. The van der Waals surface area contributed by atoms with Gasteiger partial charge in [-0.2, -0.15) is 21.6 Å². The molecule has 1 aromatic carbocycles. The molecule has 22 heavy (non-hydrogen) atoms. The van der Waals surface area contributed by atoms with Gasteiger partial charge in [0, 0.05) is 0 Å². The molecule has 1 N–H and O–H groups in total. The van der Waals surface area contributed by atoms with E-state index in [1.165, 1.54) is 12.1 Å². The molecule has 0 heterocycles. The molecule has 0 aliphatic carbocycles. The maximum Gasteiger partial charge on any atom is 0.534 e. The summed E-state index contributed by atoms with van der Waals surface area (Å²) in [7, 11) is -4.63. The smallest absolute Gasteiger partial charge is 0.493 e. The van der Waals surface area contributed by atoms with Crippen molar-refractivity contribution >= 4 is 10.1 Å². The van der Waals surface area contributed by atoms with E-state index in [4.69, 9.17) is 4.74 Å². The Morgan fingerprint density at radius 1 is 1.14 bits per heavy atom. The average Bonchev–Trinajstić information content (AvgIpc) is 2.45. The predicted octanol–water partition coefficient (Wildman–Crippen LogP) is 2.93. The van der Waals surface area contributed by atoms with Gasteiger partial charge in [-0.1, -0.05) is 19.9 Å². The summed E-state index contributed by atoms with van der Waals surface area (Å²) in [6.45, 7) is 3.49. The predicted molar refractivity (Wildman–Crippen MR) is 73.1 cm³/mol. The van der Waals surface area contributed by atoms with Crippen LogP contribution in [0, 0.1) is 0 Å². The Morgan fingerprint density at radius 3 is 2.09 bits per heavy atom. The van der Waals surface area contributed by atoms with Gasteiger partial charge >= 0.3 is 15.6 Å². The first kappa shape index (κ1) is 18.6. The van der Waals surface area contributed by atoms with E-state index in [2.05, 4.69) is 4.18 Å². The zero-order valence-electron chi connectivity index (χ0n) is 12.3. The SMILES string of the molecule is CCC(O)(CC)c1ccc(OS(=O)(=O)C(F)(F)F)c(OC)c1. The number of aliphatic hydroxyl groups is 1. The van der Waals surface area contributed by atoms with Crippen molar-refractivity contribution in [2.24, 2.45) is 0 Å². The number of methoxy groups -OCH3 is 1. The zero-order chi connectivity index (χ0) is 17.2. The molecule has 0 aliphatic heterocycles. The second-order valence-electron chi connectivity index (χ2n) is 4.59. The van der Waals surface area contributed by atoms with E-state index in [9.17, 15) is 26.7 Å². The third-order valence-electron chi connectivity index (χ3n) is 3.35. The molecule has 0 unspecified atom stereocenters. The van der Waals surface area contributed by atoms with E-state index >= 15 is 0 Å². The molecule has 0 saturated heterocycles. The second-order valence-corrected chi connectivity index (χ2v) is 6.13. The Balaban J connectivity index is 3.26. The summed E-state index contributed by atoms with van der Waals surface area (Å²) in [5.74, 6) is -0.816. The summed E-state index contributed by atoms with van der Waals surface area (Å²) >= 11 is 0. The van der Waals surface area contributed by atoms with E-state index < -0.39 is 27.0 Å². The molecule has 0 saturated carbocycles. The third-order valence-corrected chi connectivity index (χ3v) is 4.32. The highest BCUT2D eigenvalue weighted by Gasteiger charge is 2.49. The van der Waals surface area contributed by atoms with Gasteiger partial charge in [-0.05, 0) is 30.5 Å². The van der Waals surface area contributed by atoms with Crippen molar-refractivity contribution in [3.63, 3.8) is 0 Å². The molecule has 0 bridgehead atoms. The van der Waals surface area contributed by atoms with E-state index in [0.29, 0.717) is 18.4 Å². The Kier molecular flexibility index (Phi) is 5.34. The van der Waals surface area contributed by atoms with Crippen LogP contribution in [0.3, 0.4) is 0 Å². The first-order chi connectivity index (χ1) is 10.0. The molecule has 0 atom stereocenters. The maximum absolute atomic E-state index is 12.3. The highest BCUT2D eigenvalue weighted by molar-refractivity contribution is 7.88. The molecule has 0 fully saturated rings. The van der Waals surface area contributed by atoms with Gasteiger partial charge in [-0.25, -0.2) is 0 Å². The molecule has 1 rings (SSSR count). The third kappa shape index (κ3) is 3.64. The van der Waals surface area contributed by atoms with Gasteiger partial charge in [0.05, 0.1) is 12.7 Å². The van der Waals surface area contributed by atoms with Crippen LogP contribution >= 0.6 is 0 Å². The molecule has 9 heteroatoms. The summed E-state index contributed by atoms with van der Waals surface area (Å²) in [4.78, 5) is 0. The molecule has 0 amide bonds. The number of halogens is 3. The summed E-state index contributed by atoms with van der Waals surface area (Å²) in [6.07, 6.45) is 0.738. The van der Waals surface area contributed by atoms with Gasteiger partial charge in [0.25, 0.3) is 0 Å². The molecule has 0 spiro atoms. The highest BCUT2D eigenvalue weighted by Crippen LogP contribution is 2.37. The van der Waals surface area contributed by atoms with Crippen LogP contribution in [0.4, 0.5) is 13.2 Å². The van der Waals surface area contributed by atoms with Gasteiger partial charge in [0.2, 0.25) is 0 Å². The number of rotatable bonds is 6. The first-order valence-corrected chi connectivity index (χ1v) is 7.83. The van der Waals surface area contributed by atoms with E-state index in [0.717, 1.165) is 13.2 Å². The molecule has 126 valence electrons. The van der Waals surface area contributed by atoms with Gasteiger partial charge in [0.15, 0.2) is 11.5 Å². The Labute approximate surface area is 126 Å². The van der Waals surface area contributed by atoms with E-state index in [1.54, 1.807) is 13.8 Å². The van der Waals surface area contributed by atoms with Crippen molar-refractivity contribution in [3.8, 4) is 11.5 Å². The number of alkyl halides is 3. The standard InChI is InChI=1S/C13H17F3O5S/c1-4-12(17,5-2)9-6-7-10(11(8-9)20-3)21-22(18,19)13(14,15)16/h6-8,17H,4-5H2,1-3H3. The van der Waals surface area contributed by atoms with Crippen LogP contribution < -0.4 is 8.92 Å². The van der Waals surface area contributed by atoms with E-state index in [1.807, 2.05) is 0 Å². The average molecular weight is 342 g/mol. The van der Waals surface area contributed by atoms with Crippen molar-refractivity contribution in [3.05, 3.63) is 23.8 Å². The lowest BCUT2D eigenvalue weighted by Crippen LogP contribution is -2.28. The summed E-state index contributed by atoms with van der Waals surface area (Å²) in [5.41, 5.74) is -6.33. The monoisotopic (exact) mass is 342 g/mol. The maximum atomic E-state index is 12.3. The summed E-state index contributed by atoms with van der Waals surface area (Å²) in [5, 5.41) is 10.4. The molecule has 0 radical (unpaired) electrons. The van der Waals surface area contributed by atoms with Crippen LogP contribution in [-0.2, 0) is 15.7 Å². The molecule has 5 nitrogen and oxygen atoms in total. The van der Waals surface area contributed by atoms with Crippen molar-refractivity contribution in [1.82, 2.24) is 0 Å². The van der Waals surface area contributed by atoms with Crippen LogP contribution in [0.2, 0.25) is 0 Å². The fraction of sp³-hybridized carbons (Fsp3) is 0.538. The largest absolute Gasteiger partial charge is 0.534 e. The van der Waals surface area contributed by atoms with E-state index in [-0.39, 0.29) is 5.75 Å². The molecule has 0 aliphatic rings. The summed E-state index contributed by atoms with van der Waals surface area (Å²) in [6, 6.07) is 3.58. The Morgan fingerprint density at radius 2 is 1.68 bits per heavy atom. The fourth-order valence-corrected chi connectivity index (χ4v) is 2.32. The number of hydrogen-bond donors (Lipinski definition) is 1. The van der Waals surface area contributed by atoms with Gasteiger partial charge in [-0.15, -0.1) is 0 Å². The minimum absolute atomic E-state index is 0.217. The molecular weight excluding hydrogens is 325 g/mol. The number of benzene rings is 1. The van der Waals surface area contributed by atoms with Crippen molar-refractivity contribution in [2.45, 2.75) is 37.8 Å². The van der Waals surface area contributed by atoms with Crippen LogP contribution in [-0.4, -0.2) is 26.1 Å². The molecule has 1 aromatic rings. The quantitative estimate of drug-likeness (QED) is 0.636. The van der Waals surface area contributed by atoms with Gasteiger partial charge < -0.3 is 14.0 Å². The van der Waals surface area contributed by atoms with Crippen LogP contribution in [0.15, 0.2) is 18.2 Å². The fourth-order valence-electron chi connectivity index (χ4n) is 1.85. The normalized spacial score (nSPS) is 13.0.